The van der Waals surface area contributed by atoms with Crippen LogP contribution < -0.4 is 25.0 Å². The molecule has 4 fully saturated rings. The molecule has 15 heteroatoms. The summed E-state index contributed by atoms with van der Waals surface area (Å²) in [6, 6.07) is 17.5. The molecule has 3 aliphatic heterocycles. The lowest BCUT2D eigenvalue weighted by molar-refractivity contribution is -0.163. The Morgan fingerprint density at radius 3 is 2.38 bits per heavy atom. The highest BCUT2D eigenvalue weighted by molar-refractivity contribution is 6.23. The largest absolute Gasteiger partial charge is 0.490 e. The number of pyridine rings is 2. The molecule has 64 heavy (non-hydrogen) atoms. The third kappa shape index (κ3) is 7.61. The van der Waals surface area contributed by atoms with Crippen molar-refractivity contribution in [1.82, 2.24) is 30.4 Å². The molecular weight excluding hydrogens is 813 g/mol. The molecule has 2 aliphatic carbocycles. The van der Waals surface area contributed by atoms with E-state index < -0.39 is 29.7 Å². The Labute approximate surface area is 372 Å². The zero-order valence-corrected chi connectivity index (χ0v) is 36.9. The number of fused-ring (bicyclic) bond motifs is 2. The van der Waals surface area contributed by atoms with Crippen LogP contribution in [0.1, 0.15) is 110 Å². The molecule has 2 saturated carbocycles. The first-order valence-corrected chi connectivity index (χ1v) is 22.4. The zero-order chi connectivity index (χ0) is 45.1. The lowest BCUT2D eigenvalue weighted by Gasteiger charge is -2.63. The van der Waals surface area contributed by atoms with Crippen molar-refractivity contribution in [2.45, 2.75) is 103 Å². The summed E-state index contributed by atoms with van der Waals surface area (Å²) in [5, 5.41) is 15.9. The molecule has 5 amide bonds. The van der Waals surface area contributed by atoms with Crippen molar-refractivity contribution >= 4 is 46.3 Å². The van der Waals surface area contributed by atoms with E-state index in [9.17, 15) is 29.2 Å². The first-order chi connectivity index (χ1) is 30.7. The Balaban J connectivity index is 0.733. The van der Waals surface area contributed by atoms with E-state index in [0.29, 0.717) is 40.1 Å². The number of anilines is 1. The molecule has 2 N–H and O–H groups in total. The molecule has 2 aromatic carbocycles. The van der Waals surface area contributed by atoms with E-state index >= 15 is 0 Å². The van der Waals surface area contributed by atoms with Gasteiger partial charge in [0.2, 0.25) is 11.8 Å². The van der Waals surface area contributed by atoms with Crippen molar-refractivity contribution in [3.8, 4) is 17.6 Å². The number of carbonyl (C=O) groups excluding carboxylic acids is 5. The molecule has 15 nitrogen and oxygen atoms in total. The topological polar surface area (TPSA) is 187 Å². The Hall–Kier alpha value is -6.40. The SMILES string of the molecule is CCN(CC1CCN(c2ccc(C(=O)N[C@H]3C(C)(C)[C@H](Oc4ccc(C#N)c5ncccc45)C3(C)C)cn2)CC1)[C@H]1C[C@H](Oc2ccc3c(c2)C(=O)N(C2CCC(=O)NC2=O)C3=O)C1. The minimum Gasteiger partial charge on any atom is -0.490 e. The summed E-state index contributed by atoms with van der Waals surface area (Å²) in [6.45, 7) is 14.3. The van der Waals surface area contributed by atoms with Crippen molar-refractivity contribution < 1.29 is 33.4 Å². The van der Waals surface area contributed by atoms with E-state index in [1.54, 1.807) is 36.7 Å². The normalized spacial score (nSPS) is 25.0. The predicted octanol–water partition coefficient (Wildman–Crippen LogP) is 5.66. The van der Waals surface area contributed by atoms with Gasteiger partial charge in [-0.3, -0.25) is 39.2 Å². The first kappa shape index (κ1) is 42.9. The maximum Gasteiger partial charge on any atom is 0.262 e. The van der Waals surface area contributed by atoms with Gasteiger partial charge in [-0.2, -0.15) is 5.26 Å². The number of hydrogen-bond acceptors (Lipinski definition) is 12. The second kappa shape index (κ2) is 16.6. The van der Waals surface area contributed by atoms with Gasteiger partial charge < -0.3 is 24.6 Å². The summed E-state index contributed by atoms with van der Waals surface area (Å²) in [5.41, 5.74) is 1.30. The van der Waals surface area contributed by atoms with Gasteiger partial charge >= 0.3 is 0 Å². The Morgan fingerprint density at radius 2 is 1.69 bits per heavy atom. The number of carbonyl (C=O) groups is 5. The highest BCUT2D eigenvalue weighted by atomic mass is 16.5. The maximum atomic E-state index is 13.6. The van der Waals surface area contributed by atoms with Crippen LogP contribution in [0.3, 0.4) is 0 Å². The third-order valence-corrected chi connectivity index (χ3v) is 14.4. The second-order valence-electron chi connectivity index (χ2n) is 19.1. The maximum absolute atomic E-state index is 13.6. The molecule has 332 valence electrons. The lowest BCUT2D eigenvalue weighted by Crippen LogP contribution is -2.74. The minimum atomic E-state index is -1.00. The van der Waals surface area contributed by atoms with Gasteiger partial charge in [0, 0.05) is 79.6 Å². The monoisotopic (exact) mass is 866 g/mol. The standard InChI is InChI=1S/C49H54N8O7/c1-6-55(31-22-33(23-31)63-32-11-12-34-36(24-32)45(62)57(44(34)61)37-13-16-40(58)53-43(37)60)27-28-17-20-56(21-18-28)39-15-10-30(26-52-39)42(59)54-46-48(2,3)47(49(46,4)5)64-38-14-9-29(25-50)41-35(38)8-7-19-51-41/h7-12,14-15,19,24,26,28,31,33,37,46-47H,6,13,16-18,20-23,27H2,1-5H3,(H,54,59)(H,53,58,60)/t31-,33-,37?,46-,47-. The fraction of sp³-hybridized carbons (Fsp3) is 0.469. The lowest BCUT2D eigenvalue weighted by atomic mass is 9.49. The summed E-state index contributed by atoms with van der Waals surface area (Å²) < 4.78 is 12.9. The van der Waals surface area contributed by atoms with E-state index in [1.165, 1.54) is 0 Å². The van der Waals surface area contributed by atoms with Crippen LogP contribution in [0.2, 0.25) is 0 Å². The van der Waals surface area contributed by atoms with Gasteiger partial charge in [-0.25, -0.2) is 4.98 Å². The van der Waals surface area contributed by atoms with Gasteiger partial charge in [0.25, 0.3) is 17.7 Å². The summed E-state index contributed by atoms with van der Waals surface area (Å²) >= 11 is 0. The van der Waals surface area contributed by atoms with Crippen molar-refractivity contribution in [2.75, 3.05) is 31.1 Å². The fourth-order valence-corrected chi connectivity index (χ4v) is 11.0. The highest BCUT2D eigenvalue weighted by Gasteiger charge is 2.64. The summed E-state index contributed by atoms with van der Waals surface area (Å²) in [7, 11) is 0. The van der Waals surface area contributed by atoms with E-state index in [4.69, 9.17) is 14.5 Å². The molecular formula is C49H54N8O7. The first-order valence-electron chi connectivity index (χ1n) is 22.4. The van der Waals surface area contributed by atoms with E-state index in [0.717, 1.165) is 68.0 Å². The van der Waals surface area contributed by atoms with Gasteiger partial charge in [0.1, 0.15) is 41.6 Å². The molecule has 5 aliphatic rings. The number of amides is 5. The number of hydrogen-bond donors (Lipinski definition) is 2. The molecule has 9 rings (SSSR count). The molecule has 0 radical (unpaired) electrons. The Kier molecular flexibility index (Phi) is 11.1. The molecule has 0 spiro atoms. The van der Waals surface area contributed by atoms with Crippen molar-refractivity contribution in [3.05, 3.63) is 89.2 Å². The van der Waals surface area contributed by atoms with Crippen LogP contribution in [-0.4, -0.2) is 106 Å². The van der Waals surface area contributed by atoms with Gasteiger partial charge in [-0.05, 0) is 86.3 Å². The second-order valence-corrected chi connectivity index (χ2v) is 19.1. The number of aromatic nitrogens is 2. The van der Waals surface area contributed by atoms with Gasteiger partial charge in [0.05, 0.1) is 27.8 Å². The number of piperidine rings is 2. The number of nitrogens with zero attached hydrogens (tertiary/aromatic N) is 6. The smallest absolute Gasteiger partial charge is 0.262 e. The van der Waals surface area contributed by atoms with Crippen LogP contribution in [-0.2, 0) is 9.59 Å². The van der Waals surface area contributed by atoms with Gasteiger partial charge in [0.15, 0.2) is 0 Å². The average molecular weight is 867 g/mol. The molecule has 1 unspecified atom stereocenters. The number of imide groups is 2. The molecule has 2 aromatic heterocycles. The van der Waals surface area contributed by atoms with Crippen LogP contribution >= 0.6 is 0 Å². The van der Waals surface area contributed by atoms with Gasteiger partial charge in [-0.15, -0.1) is 0 Å². The van der Waals surface area contributed by atoms with Gasteiger partial charge in [-0.1, -0.05) is 34.6 Å². The van der Waals surface area contributed by atoms with Crippen molar-refractivity contribution in [1.29, 1.82) is 5.26 Å². The highest BCUT2D eigenvalue weighted by Crippen LogP contribution is 2.56. The Bertz CT molecular complexity index is 2560. The molecule has 2 saturated heterocycles. The van der Waals surface area contributed by atoms with Crippen LogP contribution in [0.5, 0.6) is 11.5 Å². The summed E-state index contributed by atoms with van der Waals surface area (Å²) in [4.78, 5) is 79.0. The van der Waals surface area contributed by atoms with Crippen LogP contribution in [0.15, 0.2) is 67.0 Å². The van der Waals surface area contributed by atoms with Crippen molar-refractivity contribution in [2.24, 2.45) is 16.7 Å². The number of ether oxygens (including phenoxy) is 2. The number of nitrogens with one attached hydrogen (secondary N) is 2. The Morgan fingerprint density at radius 1 is 0.938 bits per heavy atom. The molecule has 0 bridgehead atoms. The predicted molar refractivity (Wildman–Crippen MR) is 237 cm³/mol. The molecule has 1 atom stereocenters. The zero-order valence-electron chi connectivity index (χ0n) is 36.9. The third-order valence-electron chi connectivity index (χ3n) is 14.4. The summed E-state index contributed by atoms with van der Waals surface area (Å²) in [6.07, 6.45) is 7.11. The van der Waals surface area contributed by atoms with E-state index in [2.05, 4.69) is 66.1 Å². The number of rotatable bonds is 12. The minimum absolute atomic E-state index is 0.00900. The van der Waals surface area contributed by atoms with E-state index in [1.807, 2.05) is 30.3 Å². The molecule has 4 aromatic rings. The van der Waals surface area contributed by atoms with Crippen LogP contribution in [0, 0.1) is 28.1 Å². The number of nitriles is 1. The number of benzene rings is 2. The average Bonchev–Trinajstić information content (AvgIpc) is 3.52. The quantitative estimate of drug-likeness (QED) is 0.167. The van der Waals surface area contributed by atoms with E-state index in [-0.39, 0.29) is 59.0 Å². The molecule has 5 heterocycles. The summed E-state index contributed by atoms with van der Waals surface area (Å²) in [5.74, 6) is 0.317. The van der Waals surface area contributed by atoms with Crippen LogP contribution in [0.25, 0.3) is 10.9 Å². The fourth-order valence-electron chi connectivity index (χ4n) is 11.0. The van der Waals surface area contributed by atoms with Crippen molar-refractivity contribution in [3.63, 3.8) is 0 Å². The van der Waals surface area contributed by atoms with Crippen LogP contribution in [0.4, 0.5) is 5.82 Å².